The van der Waals surface area contributed by atoms with Gasteiger partial charge in [0, 0.05) is 10.9 Å². The van der Waals surface area contributed by atoms with Crippen molar-refractivity contribution in [2.75, 3.05) is 19.5 Å². The smallest absolute Gasteiger partial charge is 0.144 e. The summed E-state index contributed by atoms with van der Waals surface area (Å²) in [7, 11) is 3.31. The highest BCUT2D eigenvalue weighted by Gasteiger charge is 2.13. The van der Waals surface area contributed by atoms with E-state index < -0.39 is 0 Å². The number of methoxy groups -OCH3 is 2. The molecule has 2 nitrogen and oxygen atoms in total. The summed E-state index contributed by atoms with van der Waals surface area (Å²) in [5.41, 5.74) is 2.28. The van der Waals surface area contributed by atoms with Gasteiger partial charge in [0.15, 0.2) is 0 Å². The highest BCUT2D eigenvalue weighted by molar-refractivity contribution is 9.10. The minimum Gasteiger partial charge on any atom is -0.495 e. The van der Waals surface area contributed by atoms with Crippen LogP contribution in [0.5, 0.6) is 11.5 Å². The molecule has 0 aliphatic carbocycles. The van der Waals surface area contributed by atoms with Crippen LogP contribution in [0.3, 0.4) is 0 Å². The van der Waals surface area contributed by atoms with E-state index in [4.69, 9.17) is 9.47 Å². The molecule has 4 heteroatoms. The molecule has 0 fully saturated rings. The Morgan fingerprint density at radius 2 is 2.00 bits per heavy atom. The molecule has 1 rings (SSSR count). The van der Waals surface area contributed by atoms with Crippen LogP contribution in [0.1, 0.15) is 18.9 Å². The zero-order valence-corrected chi connectivity index (χ0v) is 13.4. The minimum atomic E-state index is 0.777. The maximum Gasteiger partial charge on any atom is 0.144 e. The van der Waals surface area contributed by atoms with Gasteiger partial charge in [-0.3, -0.25) is 0 Å². The first-order valence-corrected chi connectivity index (χ1v) is 7.20. The van der Waals surface area contributed by atoms with Gasteiger partial charge < -0.3 is 9.47 Å². The average molecular weight is 364 g/mol. The van der Waals surface area contributed by atoms with Crippen molar-refractivity contribution in [2.45, 2.75) is 13.3 Å². The molecule has 0 aliphatic rings. The van der Waals surface area contributed by atoms with Crippen LogP contribution in [0, 0.1) is 0 Å². The van der Waals surface area contributed by atoms with Crippen LogP contribution in [0.25, 0.3) is 5.57 Å². The number of hydrogen-bond donors (Lipinski definition) is 0. The zero-order valence-electron chi connectivity index (χ0n) is 10.2. The van der Waals surface area contributed by atoms with Crippen LogP contribution in [0.4, 0.5) is 0 Å². The molecule has 0 saturated carbocycles. The number of ether oxygens (including phenoxy) is 2. The molecule has 0 aliphatic heterocycles. The number of halogens is 2. The molecule has 0 radical (unpaired) electrons. The van der Waals surface area contributed by atoms with E-state index in [1.807, 2.05) is 12.1 Å². The molecule has 94 valence electrons. The second-order valence-electron chi connectivity index (χ2n) is 3.53. The molecule has 17 heavy (non-hydrogen) atoms. The Hall–Kier alpha value is -0.480. The highest BCUT2D eigenvalue weighted by Crippen LogP contribution is 2.39. The molecule has 1 aromatic carbocycles. The summed E-state index contributed by atoms with van der Waals surface area (Å²) in [6, 6.07) is 3.95. The average Bonchev–Trinajstić information content (AvgIpc) is 2.35. The van der Waals surface area contributed by atoms with Crippen molar-refractivity contribution in [3.63, 3.8) is 0 Å². The van der Waals surface area contributed by atoms with Crippen molar-refractivity contribution in [2.24, 2.45) is 0 Å². The Morgan fingerprint density at radius 3 is 2.53 bits per heavy atom. The predicted octanol–water partition coefficient (Wildman–Crippen LogP) is 4.65. The second-order valence-corrected chi connectivity index (χ2v) is 5.11. The van der Waals surface area contributed by atoms with Gasteiger partial charge in [0.05, 0.1) is 14.2 Å². The van der Waals surface area contributed by atoms with Crippen LogP contribution in [-0.2, 0) is 0 Å². The summed E-state index contributed by atoms with van der Waals surface area (Å²) in [5, 5.41) is 0.962. The molecule has 0 N–H and O–H groups in total. The van der Waals surface area contributed by atoms with Gasteiger partial charge in [-0.05, 0) is 47.0 Å². The molecule has 1 aromatic rings. The number of hydrogen-bond acceptors (Lipinski definition) is 2. The zero-order chi connectivity index (χ0) is 12.8. The topological polar surface area (TPSA) is 18.5 Å². The summed E-state index contributed by atoms with van der Waals surface area (Å²) in [5.74, 6) is 1.59. The fraction of sp³-hybridized carbons (Fsp3) is 0.385. The fourth-order valence-electron chi connectivity index (χ4n) is 1.59. The Bertz CT molecular complexity index is 414. The summed E-state index contributed by atoms with van der Waals surface area (Å²) < 4.78 is 11.5. The predicted molar refractivity (Wildman–Crippen MR) is 79.3 cm³/mol. The van der Waals surface area contributed by atoms with Crippen molar-refractivity contribution in [1.29, 1.82) is 0 Å². The highest BCUT2D eigenvalue weighted by atomic mass is 79.9. The molecular formula is C13H16Br2O2. The summed E-state index contributed by atoms with van der Waals surface area (Å²) >= 11 is 6.92. The summed E-state index contributed by atoms with van der Waals surface area (Å²) in [6.07, 6.45) is 3.18. The Balaban J connectivity index is 3.21. The third-order valence-electron chi connectivity index (χ3n) is 2.47. The van der Waals surface area contributed by atoms with Gasteiger partial charge in [-0.1, -0.05) is 22.0 Å². The second kappa shape index (κ2) is 7.07. The van der Waals surface area contributed by atoms with Gasteiger partial charge in [-0.15, -0.1) is 0 Å². The Morgan fingerprint density at radius 1 is 1.29 bits per heavy atom. The number of benzene rings is 1. The summed E-state index contributed by atoms with van der Waals surface area (Å²) in [6.45, 7) is 2.08. The molecule has 0 bridgehead atoms. The number of allylic oxidation sites excluding steroid dienone is 2. The third kappa shape index (κ3) is 3.49. The van der Waals surface area contributed by atoms with Gasteiger partial charge in [0.2, 0.25) is 0 Å². The Kier molecular flexibility index (Phi) is 6.06. The lowest BCUT2D eigenvalue weighted by molar-refractivity contribution is 0.388. The van der Waals surface area contributed by atoms with Crippen molar-refractivity contribution in [3.05, 3.63) is 28.2 Å². The van der Waals surface area contributed by atoms with Crippen LogP contribution >= 0.6 is 31.9 Å². The van der Waals surface area contributed by atoms with Crippen molar-refractivity contribution >= 4 is 37.4 Å². The fourth-order valence-corrected chi connectivity index (χ4v) is 2.49. The normalized spacial score (nSPS) is 11.5. The maximum atomic E-state index is 5.44. The van der Waals surface area contributed by atoms with Gasteiger partial charge in [0.25, 0.3) is 0 Å². The van der Waals surface area contributed by atoms with Crippen LogP contribution in [0.15, 0.2) is 22.7 Å². The number of rotatable bonds is 5. The summed E-state index contributed by atoms with van der Waals surface area (Å²) in [4.78, 5) is 0. The van der Waals surface area contributed by atoms with E-state index in [9.17, 15) is 0 Å². The first-order chi connectivity index (χ1) is 8.15. The minimum absolute atomic E-state index is 0.777. The van der Waals surface area contributed by atoms with Crippen LogP contribution in [-0.4, -0.2) is 19.5 Å². The van der Waals surface area contributed by atoms with Gasteiger partial charge >= 0.3 is 0 Å². The van der Waals surface area contributed by atoms with E-state index in [2.05, 4.69) is 44.9 Å². The number of alkyl halides is 1. The molecular weight excluding hydrogens is 348 g/mol. The lowest BCUT2D eigenvalue weighted by atomic mass is 10.1. The van der Waals surface area contributed by atoms with Gasteiger partial charge in [-0.2, -0.15) is 0 Å². The van der Waals surface area contributed by atoms with E-state index in [1.165, 1.54) is 5.57 Å². The molecule has 0 spiro atoms. The van der Waals surface area contributed by atoms with E-state index in [1.54, 1.807) is 14.2 Å². The Labute approximate surface area is 119 Å². The third-order valence-corrected chi connectivity index (χ3v) is 3.68. The van der Waals surface area contributed by atoms with Crippen molar-refractivity contribution < 1.29 is 9.47 Å². The van der Waals surface area contributed by atoms with Crippen LogP contribution in [0.2, 0.25) is 0 Å². The largest absolute Gasteiger partial charge is 0.495 e. The van der Waals surface area contributed by atoms with E-state index >= 15 is 0 Å². The molecule has 0 saturated heterocycles. The van der Waals surface area contributed by atoms with Crippen LogP contribution < -0.4 is 9.47 Å². The van der Waals surface area contributed by atoms with Gasteiger partial charge in [0.1, 0.15) is 16.0 Å². The van der Waals surface area contributed by atoms with Crippen molar-refractivity contribution in [3.8, 4) is 11.5 Å². The first-order valence-electron chi connectivity index (χ1n) is 5.29. The molecule has 0 heterocycles. The van der Waals surface area contributed by atoms with E-state index in [-0.39, 0.29) is 0 Å². The van der Waals surface area contributed by atoms with E-state index in [0.29, 0.717) is 0 Å². The first kappa shape index (κ1) is 14.6. The monoisotopic (exact) mass is 362 g/mol. The molecule has 0 atom stereocenters. The standard InChI is InChI=1S/C13H16Br2O2/c1-9(5-4-8-14)10-6-7-11(16-2)12(15)13(10)17-3/h5-7H,4,8H2,1-3H3/b9-5+. The SMILES string of the molecule is COc1ccc(/C(C)=C/CCBr)c(OC)c1Br. The van der Waals surface area contributed by atoms with Crippen molar-refractivity contribution in [1.82, 2.24) is 0 Å². The molecule has 0 amide bonds. The lowest BCUT2D eigenvalue weighted by Crippen LogP contribution is -1.94. The maximum absolute atomic E-state index is 5.44. The molecule has 0 aromatic heterocycles. The lowest BCUT2D eigenvalue weighted by Gasteiger charge is -2.13. The molecule has 0 unspecified atom stereocenters. The quantitative estimate of drug-likeness (QED) is 0.708. The van der Waals surface area contributed by atoms with Gasteiger partial charge in [-0.25, -0.2) is 0 Å². The van der Waals surface area contributed by atoms with E-state index in [0.717, 1.165) is 33.3 Å².